The van der Waals surface area contributed by atoms with Gasteiger partial charge in [-0.05, 0) is 6.92 Å². The molecule has 0 fully saturated rings. The maximum absolute atomic E-state index is 10.8. The fourth-order valence-electron chi connectivity index (χ4n) is 1.53. The zero-order chi connectivity index (χ0) is 11.6. The molecular formula is C9H17N5O. The third kappa shape index (κ3) is 2.39. The Morgan fingerprint density at radius 2 is 2.27 bits per heavy atom. The average molecular weight is 211 g/mol. The summed E-state index contributed by atoms with van der Waals surface area (Å²) in [7, 11) is 3.75. The standard InChI is InChI=1S/C9H17N5O/c1-6(4-8(11)15)14-9(13(2)3)7(10)5-12-14/h5-6H,4,10H2,1-3H3,(H2,11,15). The van der Waals surface area contributed by atoms with Crippen LogP contribution in [0.4, 0.5) is 11.5 Å². The molecular weight excluding hydrogens is 194 g/mol. The van der Waals surface area contributed by atoms with Crippen LogP contribution in [0.5, 0.6) is 0 Å². The molecule has 1 aromatic heterocycles. The Hall–Kier alpha value is -1.72. The van der Waals surface area contributed by atoms with Gasteiger partial charge in [0.25, 0.3) is 0 Å². The number of anilines is 2. The van der Waals surface area contributed by atoms with Crippen molar-refractivity contribution in [1.29, 1.82) is 0 Å². The first-order valence-corrected chi connectivity index (χ1v) is 4.72. The number of hydrogen-bond acceptors (Lipinski definition) is 4. The number of hydrogen-bond donors (Lipinski definition) is 2. The van der Waals surface area contributed by atoms with Crippen molar-refractivity contribution in [2.24, 2.45) is 5.73 Å². The van der Waals surface area contributed by atoms with Crippen LogP contribution >= 0.6 is 0 Å². The van der Waals surface area contributed by atoms with Crippen LogP contribution in [0.25, 0.3) is 0 Å². The SMILES string of the molecule is CC(CC(N)=O)n1ncc(N)c1N(C)C. The van der Waals surface area contributed by atoms with Crippen molar-refractivity contribution in [3.63, 3.8) is 0 Å². The van der Waals surface area contributed by atoms with E-state index in [9.17, 15) is 4.79 Å². The second-order valence-corrected chi connectivity index (χ2v) is 3.78. The fraction of sp³-hybridized carbons (Fsp3) is 0.556. The Bertz CT molecular complexity index is 357. The predicted octanol–water partition coefficient (Wildman–Crippen LogP) is -0.0323. The lowest BCUT2D eigenvalue weighted by Gasteiger charge is -2.19. The van der Waals surface area contributed by atoms with E-state index in [0.717, 1.165) is 5.82 Å². The molecule has 1 heterocycles. The molecule has 1 aromatic rings. The number of carbonyl (C=O) groups excluding carboxylic acids is 1. The first-order chi connectivity index (χ1) is 6.93. The molecule has 0 aromatic carbocycles. The van der Waals surface area contributed by atoms with Crippen LogP contribution < -0.4 is 16.4 Å². The van der Waals surface area contributed by atoms with Crippen LogP contribution in [-0.4, -0.2) is 29.8 Å². The van der Waals surface area contributed by atoms with Crippen molar-refractivity contribution >= 4 is 17.4 Å². The predicted molar refractivity (Wildman–Crippen MR) is 59.5 cm³/mol. The lowest BCUT2D eigenvalue weighted by molar-refractivity contribution is -0.118. The summed E-state index contributed by atoms with van der Waals surface area (Å²) in [5.74, 6) is 0.449. The van der Waals surface area contributed by atoms with Crippen LogP contribution in [0.3, 0.4) is 0 Å². The summed E-state index contributed by atoms with van der Waals surface area (Å²) in [4.78, 5) is 12.7. The van der Waals surface area contributed by atoms with E-state index >= 15 is 0 Å². The number of aromatic nitrogens is 2. The van der Waals surface area contributed by atoms with E-state index in [-0.39, 0.29) is 18.4 Å². The molecule has 6 nitrogen and oxygen atoms in total. The zero-order valence-corrected chi connectivity index (χ0v) is 9.27. The topological polar surface area (TPSA) is 90.2 Å². The fourth-order valence-corrected chi connectivity index (χ4v) is 1.53. The highest BCUT2D eigenvalue weighted by atomic mass is 16.1. The Morgan fingerprint density at radius 1 is 1.67 bits per heavy atom. The summed E-state index contributed by atoms with van der Waals surface area (Å²) in [6.45, 7) is 1.88. The molecule has 0 saturated carbocycles. The molecule has 1 atom stereocenters. The molecule has 1 amide bonds. The summed E-state index contributed by atoms with van der Waals surface area (Å²) in [6.07, 6.45) is 1.83. The number of amides is 1. The molecule has 6 heteroatoms. The van der Waals surface area contributed by atoms with Crippen molar-refractivity contribution in [1.82, 2.24) is 9.78 Å². The quantitative estimate of drug-likeness (QED) is 0.731. The van der Waals surface area contributed by atoms with E-state index in [1.54, 1.807) is 10.9 Å². The highest BCUT2D eigenvalue weighted by molar-refractivity contribution is 5.74. The molecule has 1 rings (SSSR count). The van der Waals surface area contributed by atoms with Gasteiger partial charge in [0, 0.05) is 20.5 Å². The van der Waals surface area contributed by atoms with E-state index in [4.69, 9.17) is 11.5 Å². The van der Waals surface area contributed by atoms with E-state index < -0.39 is 0 Å². The normalized spacial score (nSPS) is 12.5. The van der Waals surface area contributed by atoms with Crippen LogP contribution in [-0.2, 0) is 4.79 Å². The highest BCUT2D eigenvalue weighted by Gasteiger charge is 2.16. The summed E-state index contributed by atoms with van der Waals surface area (Å²) >= 11 is 0. The van der Waals surface area contributed by atoms with Gasteiger partial charge in [0.1, 0.15) is 5.82 Å². The van der Waals surface area contributed by atoms with Crippen molar-refractivity contribution in [2.75, 3.05) is 24.7 Å². The lowest BCUT2D eigenvalue weighted by Crippen LogP contribution is -2.22. The Kier molecular flexibility index (Phi) is 3.18. The van der Waals surface area contributed by atoms with E-state index in [1.807, 2.05) is 25.9 Å². The Balaban J connectivity index is 2.98. The molecule has 0 spiro atoms. The highest BCUT2D eigenvalue weighted by Crippen LogP contribution is 2.25. The summed E-state index contributed by atoms with van der Waals surface area (Å²) in [5, 5.41) is 4.13. The Labute approximate surface area is 88.8 Å². The van der Waals surface area contributed by atoms with E-state index in [2.05, 4.69) is 5.10 Å². The largest absolute Gasteiger partial charge is 0.394 e. The van der Waals surface area contributed by atoms with Crippen molar-refractivity contribution in [3.05, 3.63) is 6.20 Å². The second-order valence-electron chi connectivity index (χ2n) is 3.78. The Morgan fingerprint density at radius 3 is 2.73 bits per heavy atom. The maximum atomic E-state index is 10.8. The van der Waals surface area contributed by atoms with Gasteiger partial charge in [-0.3, -0.25) is 4.79 Å². The molecule has 15 heavy (non-hydrogen) atoms. The number of nitrogens with two attached hydrogens (primary N) is 2. The van der Waals surface area contributed by atoms with Crippen molar-refractivity contribution < 1.29 is 4.79 Å². The van der Waals surface area contributed by atoms with E-state index in [0.29, 0.717) is 5.69 Å². The van der Waals surface area contributed by atoms with Crippen LogP contribution in [0, 0.1) is 0 Å². The third-order valence-corrected chi connectivity index (χ3v) is 2.13. The van der Waals surface area contributed by atoms with Gasteiger partial charge < -0.3 is 16.4 Å². The van der Waals surface area contributed by atoms with Gasteiger partial charge in [0.2, 0.25) is 5.91 Å². The van der Waals surface area contributed by atoms with Gasteiger partial charge in [-0.15, -0.1) is 0 Å². The monoisotopic (exact) mass is 211 g/mol. The van der Waals surface area contributed by atoms with Crippen LogP contribution in [0.2, 0.25) is 0 Å². The number of rotatable bonds is 4. The van der Waals surface area contributed by atoms with Crippen LogP contribution in [0.1, 0.15) is 19.4 Å². The molecule has 1 unspecified atom stereocenters. The first kappa shape index (κ1) is 11.4. The van der Waals surface area contributed by atoms with Gasteiger partial charge in [0.15, 0.2) is 0 Å². The van der Waals surface area contributed by atoms with Crippen LogP contribution in [0.15, 0.2) is 6.20 Å². The van der Waals surface area contributed by atoms with Gasteiger partial charge in [-0.1, -0.05) is 0 Å². The summed E-state index contributed by atoms with van der Waals surface area (Å²) < 4.78 is 1.71. The number of carbonyl (C=O) groups is 1. The minimum absolute atomic E-state index is 0.0859. The van der Waals surface area contributed by atoms with E-state index in [1.165, 1.54) is 0 Å². The summed E-state index contributed by atoms with van der Waals surface area (Å²) in [5.41, 5.74) is 11.5. The minimum Gasteiger partial charge on any atom is -0.394 e. The zero-order valence-electron chi connectivity index (χ0n) is 9.27. The van der Waals surface area contributed by atoms with Gasteiger partial charge >= 0.3 is 0 Å². The molecule has 84 valence electrons. The molecule has 0 aliphatic rings. The molecule has 0 aliphatic heterocycles. The molecule has 4 N–H and O–H groups in total. The molecule has 0 saturated heterocycles. The van der Waals surface area contributed by atoms with Crippen molar-refractivity contribution in [2.45, 2.75) is 19.4 Å². The van der Waals surface area contributed by atoms with Crippen molar-refractivity contribution in [3.8, 4) is 0 Å². The number of primary amides is 1. The molecule has 0 radical (unpaired) electrons. The minimum atomic E-state index is -0.346. The second kappa shape index (κ2) is 4.20. The molecule has 0 bridgehead atoms. The smallest absolute Gasteiger partial charge is 0.219 e. The van der Waals surface area contributed by atoms with Gasteiger partial charge in [-0.2, -0.15) is 5.10 Å². The van der Waals surface area contributed by atoms with Gasteiger partial charge in [-0.25, -0.2) is 4.68 Å². The first-order valence-electron chi connectivity index (χ1n) is 4.72. The lowest BCUT2D eigenvalue weighted by atomic mass is 10.2. The number of nitrogens with zero attached hydrogens (tertiary/aromatic N) is 3. The summed E-state index contributed by atoms with van der Waals surface area (Å²) in [6, 6.07) is -0.0859. The van der Waals surface area contributed by atoms with Gasteiger partial charge in [0.05, 0.1) is 17.9 Å². The molecule has 0 aliphatic carbocycles. The maximum Gasteiger partial charge on any atom is 0.219 e. The number of nitrogen functional groups attached to an aromatic ring is 1. The average Bonchev–Trinajstić information content (AvgIpc) is 2.45. The third-order valence-electron chi connectivity index (χ3n) is 2.13.